The van der Waals surface area contributed by atoms with Crippen molar-refractivity contribution in [2.24, 2.45) is 5.73 Å². The summed E-state index contributed by atoms with van der Waals surface area (Å²) >= 11 is 0. The van der Waals surface area contributed by atoms with Crippen molar-refractivity contribution in [3.05, 3.63) is 71.6 Å². The molecule has 3 N–H and O–H groups in total. The Labute approximate surface area is 242 Å². The van der Waals surface area contributed by atoms with Gasteiger partial charge in [0.15, 0.2) is 11.5 Å². The summed E-state index contributed by atoms with van der Waals surface area (Å²) in [5.41, 5.74) is 12.8. The van der Waals surface area contributed by atoms with Crippen LogP contribution < -0.4 is 11.2 Å². The van der Waals surface area contributed by atoms with E-state index in [-0.39, 0.29) is 48.5 Å². The Bertz CT molecular complexity index is 1570. The third kappa shape index (κ3) is 4.90. The number of aryl methyl sites for hydroxylation is 1. The number of fused-ring (bicyclic) bond motifs is 2. The van der Waals surface area contributed by atoms with E-state index in [2.05, 4.69) is 34.7 Å². The molecule has 2 aliphatic rings. The second kappa shape index (κ2) is 10.8. The number of nitrogens with two attached hydrogens (primary N) is 1. The van der Waals surface area contributed by atoms with Crippen LogP contribution in [0.5, 0.6) is 0 Å². The molecule has 0 spiro atoms. The summed E-state index contributed by atoms with van der Waals surface area (Å²) in [5.74, 6) is 0.387. The molecular weight excluding hydrogens is 564 g/mol. The van der Waals surface area contributed by atoms with Gasteiger partial charge in [0.1, 0.15) is 11.7 Å². The number of rotatable bonds is 4. The summed E-state index contributed by atoms with van der Waals surface area (Å²) in [6.07, 6.45) is 1.58. The summed E-state index contributed by atoms with van der Waals surface area (Å²) in [7, 11) is 1.98. The van der Waals surface area contributed by atoms with Gasteiger partial charge in [-0.15, -0.1) is 35.0 Å². The Hall–Kier alpha value is -2.96. The lowest BCUT2D eigenvalue weighted by Gasteiger charge is -2.33. The molecule has 13 heteroatoms. The molecule has 1 saturated heterocycles. The van der Waals surface area contributed by atoms with Crippen molar-refractivity contribution in [1.82, 2.24) is 34.9 Å². The quantitative estimate of drug-likeness (QED) is 0.347. The lowest BCUT2D eigenvalue weighted by molar-refractivity contribution is -0.183. The highest BCUT2D eigenvalue weighted by molar-refractivity contribution is 5.86. The average molecular weight is 596 g/mol. The second-order valence-electron chi connectivity index (χ2n) is 10.4. The number of likely N-dealkylation sites (tertiary alicyclic amines) is 1. The monoisotopic (exact) mass is 594 g/mol. The third-order valence-electron chi connectivity index (χ3n) is 7.93. The maximum Gasteiger partial charge on any atom is 0.408 e. The van der Waals surface area contributed by atoms with Crippen molar-refractivity contribution in [2.45, 2.75) is 44.1 Å². The Kier molecular flexibility index (Phi) is 8.09. The first-order valence-corrected chi connectivity index (χ1v) is 12.6. The van der Waals surface area contributed by atoms with E-state index in [4.69, 9.17) is 10.7 Å². The minimum absolute atomic E-state index is 0. The van der Waals surface area contributed by atoms with Crippen LogP contribution in [0.2, 0.25) is 0 Å². The minimum atomic E-state index is -4.45. The van der Waals surface area contributed by atoms with Gasteiger partial charge in [0.05, 0.1) is 11.1 Å². The molecule has 5 heterocycles. The van der Waals surface area contributed by atoms with Crippen LogP contribution in [0.4, 0.5) is 13.2 Å². The Morgan fingerprint density at radius 1 is 1.10 bits per heavy atom. The van der Waals surface area contributed by atoms with Crippen LogP contribution in [0.3, 0.4) is 0 Å². The van der Waals surface area contributed by atoms with Gasteiger partial charge in [0, 0.05) is 44.0 Å². The zero-order chi connectivity index (χ0) is 26.8. The van der Waals surface area contributed by atoms with Crippen molar-refractivity contribution >= 4 is 41.4 Å². The number of alkyl halides is 3. The molecule has 0 aliphatic carbocycles. The highest BCUT2D eigenvalue weighted by Crippen LogP contribution is 2.40. The van der Waals surface area contributed by atoms with E-state index in [0.717, 1.165) is 22.0 Å². The molecule has 3 atom stereocenters. The third-order valence-corrected chi connectivity index (χ3v) is 7.93. The number of nitrogens with one attached hydrogen (secondary N) is 1. The average Bonchev–Trinajstić information content (AvgIpc) is 3.57. The van der Waals surface area contributed by atoms with Crippen LogP contribution in [-0.2, 0) is 5.54 Å². The fourth-order valence-electron chi connectivity index (χ4n) is 5.73. The normalized spacial score (nSPS) is 22.3. The summed E-state index contributed by atoms with van der Waals surface area (Å²) in [4.78, 5) is 6.33. The number of halogens is 5. The molecule has 6 rings (SSSR count). The molecule has 0 saturated carbocycles. The zero-order valence-electron chi connectivity index (χ0n) is 22.2. The largest absolute Gasteiger partial charge is 0.408 e. The van der Waals surface area contributed by atoms with Crippen molar-refractivity contribution < 1.29 is 13.2 Å². The fraction of sp³-hybridized carbons (Fsp3) is 0.370. The predicted molar refractivity (Wildman–Crippen MR) is 153 cm³/mol. The summed E-state index contributed by atoms with van der Waals surface area (Å²) < 4.78 is 44.3. The van der Waals surface area contributed by atoms with Gasteiger partial charge >= 0.3 is 6.18 Å². The van der Waals surface area contributed by atoms with Gasteiger partial charge in [0.2, 0.25) is 0 Å². The van der Waals surface area contributed by atoms with E-state index in [0.29, 0.717) is 30.1 Å². The molecule has 0 amide bonds. The van der Waals surface area contributed by atoms with Gasteiger partial charge in [-0.3, -0.25) is 9.30 Å². The standard InChI is InChI=1S/C27H29F3N8.2ClH/c1-16-20(26(2)11-12-32-36(26)3)7-4-17-5-8-21(33-23(16)17)25-35-34-22-9-6-18(14-38(22)25)24(27(28,29)30)37-13-10-19(31)15-37;;/h4-9,11-12,14,19,24,32H,10,13,15,31H2,1-3H3;2*1H/t19-,24+,26?;;/m0../s1. The van der Waals surface area contributed by atoms with Crippen LogP contribution in [0.15, 0.2) is 54.9 Å². The van der Waals surface area contributed by atoms with Crippen LogP contribution >= 0.6 is 24.8 Å². The van der Waals surface area contributed by atoms with Gasteiger partial charge in [-0.1, -0.05) is 24.3 Å². The van der Waals surface area contributed by atoms with Gasteiger partial charge < -0.3 is 11.2 Å². The Morgan fingerprint density at radius 2 is 1.85 bits per heavy atom. The molecule has 0 bridgehead atoms. The first-order chi connectivity index (χ1) is 18.1. The summed E-state index contributed by atoms with van der Waals surface area (Å²) in [6, 6.07) is 8.95. The lowest BCUT2D eigenvalue weighted by atomic mass is 9.87. The molecule has 3 aromatic heterocycles. The fourth-order valence-corrected chi connectivity index (χ4v) is 5.73. The maximum atomic E-state index is 14.2. The van der Waals surface area contributed by atoms with E-state index < -0.39 is 12.2 Å². The number of hydrazine groups is 1. The van der Waals surface area contributed by atoms with Crippen molar-refractivity contribution in [2.75, 3.05) is 20.1 Å². The topological polar surface area (TPSA) is 87.6 Å². The van der Waals surface area contributed by atoms with Gasteiger partial charge in [-0.2, -0.15) is 13.2 Å². The Balaban J connectivity index is 0.00000185. The van der Waals surface area contributed by atoms with Crippen molar-refractivity contribution in [1.29, 1.82) is 0 Å². The molecule has 4 aromatic rings. The first-order valence-electron chi connectivity index (χ1n) is 12.6. The van der Waals surface area contributed by atoms with E-state index in [1.54, 1.807) is 10.5 Å². The van der Waals surface area contributed by atoms with Gasteiger partial charge in [0.25, 0.3) is 0 Å². The van der Waals surface area contributed by atoms with E-state index in [9.17, 15) is 13.2 Å². The molecular formula is C27H31Cl2F3N8. The maximum absolute atomic E-state index is 14.2. The summed E-state index contributed by atoms with van der Waals surface area (Å²) in [6.45, 7) is 4.66. The molecule has 1 fully saturated rings. The van der Waals surface area contributed by atoms with E-state index in [1.165, 1.54) is 17.2 Å². The van der Waals surface area contributed by atoms with Crippen LogP contribution in [-0.4, -0.2) is 61.8 Å². The molecule has 2 aliphatic heterocycles. The number of benzene rings is 1. The highest BCUT2D eigenvalue weighted by Gasteiger charge is 2.46. The number of hydrogen-bond acceptors (Lipinski definition) is 7. The molecule has 214 valence electrons. The molecule has 1 unspecified atom stereocenters. The number of likely N-dealkylation sites (N-methyl/N-ethyl adjacent to an activating group) is 1. The summed E-state index contributed by atoms with van der Waals surface area (Å²) in [5, 5.41) is 11.5. The highest BCUT2D eigenvalue weighted by atomic mass is 35.5. The SMILES string of the molecule is Cc1c(C2(C)C=CNN2C)ccc2ccc(-c3nnc4ccc([C@@H](N5CC[C@H](N)C5)C(F)(F)F)cn34)nc12.Cl.Cl. The second-order valence-corrected chi connectivity index (χ2v) is 10.4. The first kappa shape index (κ1) is 30.0. The predicted octanol–water partition coefficient (Wildman–Crippen LogP) is 4.91. The Morgan fingerprint density at radius 3 is 2.50 bits per heavy atom. The minimum Gasteiger partial charge on any atom is -0.326 e. The molecule has 1 aromatic carbocycles. The lowest BCUT2D eigenvalue weighted by Crippen LogP contribution is -2.41. The number of pyridine rings is 2. The zero-order valence-corrected chi connectivity index (χ0v) is 23.8. The van der Waals surface area contributed by atoms with Crippen LogP contribution in [0, 0.1) is 6.92 Å². The van der Waals surface area contributed by atoms with Crippen molar-refractivity contribution in [3.63, 3.8) is 0 Å². The molecule has 0 radical (unpaired) electrons. The van der Waals surface area contributed by atoms with Gasteiger partial charge in [-0.05, 0) is 55.2 Å². The van der Waals surface area contributed by atoms with Gasteiger partial charge in [-0.25, -0.2) is 9.99 Å². The number of hydrogen-bond donors (Lipinski definition) is 2. The van der Waals surface area contributed by atoms with E-state index in [1.807, 2.05) is 43.4 Å². The number of aromatic nitrogens is 4. The van der Waals surface area contributed by atoms with Crippen molar-refractivity contribution in [3.8, 4) is 11.5 Å². The smallest absolute Gasteiger partial charge is 0.326 e. The number of nitrogens with zero attached hydrogens (tertiary/aromatic N) is 6. The van der Waals surface area contributed by atoms with Crippen LogP contribution in [0.1, 0.15) is 36.1 Å². The van der Waals surface area contributed by atoms with Crippen LogP contribution in [0.25, 0.3) is 28.1 Å². The molecule has 8 nitrogen and oxygen atoms in total. The molecule has 40 heavy (non-hydrogen) atoms. The van der Waals surface area contributed by atoms with E-state index >= 15 is 0 Å².